The van der Waals surface area contributed by atoms with Crippen LogP contribution in [0.3, 0.4) is 0 Å². The monoisotopic (exact) mass is 380 g/mol. The van der Waals surface area contributed by atoms with Crippen LogP contribution in [0.4, 0.5) is 16.3 Å². The lowest BCUT2D eigenvalue weighted by Crippen LogP contribution is -2.52. The van der Waals surface area contributed by atoms with Gasteiger partial charge in [-0.3, -0.25) is 5.32 Å². The molecule has 2 amide bonds. The van der Waals surface area contributed by atoms with Gasteiger partial charge in [0.05, 0.1) is 16.3 Å². The predicted octanol–water partition coefficient (Wildman–Crippen LogP) is 3.20. The van der Waals surface area contributed by atoms with E-state index in [1.807, 2.05) is 18.2 Å². The molecule has 0 aliphatic carbocycles. The first-order valence-corrected chi connectivity index (χ1v) is 9.55. The molecule has 0 radical (unpaired) electrons. The van der Waals surface area contributed by atoms with Crippen LogP contribution in [0.15, 0.2) is 42.7 Å². The maximum Gasteiger partial charge on any atom is 0.323 e. The number of nitrogen functional groups attached to an aromatic ring is 1. The fraction of sp³-hybridized carbons (Fsp3) is 0.263. The third kappa shape index (κ3) is 3.90. The lowest BCUT2D eigenvalue weighted by molar-refractivity contribution is 0.130. The number of nitrogens with one attached hydrogen (secondary N) is 1. The van der Waals surface area contributed by atoms with Crippen LogP contribution in [0.2, 0.25) is 0 Å². The Hall–Kier alpha value is -3.00. The highest BCUT2D eigenvalue weighted by atomic mass is 32.1. The molecule has 0 aromatic carbocycles. The van der Waals surface area contributed by atoms with E-state index in [-0.39, 0.29) is 6.03 Å². The number of carbonyl (C=O) groups is 1. The minimum Gasteiger partial charge on any atom is -0.396 e. The average Bonchev–Trinajstić information content (AvgIpc) is 3.07. The number of rotatable bonds is 4. The Balaban J connectivity index is 1.37. The van der Waals surface area contributed by atoms with Gasteiger partial charge in [-0.2, -0.15) is 0 Å². The summed E-state index contributed by atoms with van der Waals surface area (Å²) in [6.07, 6.45) is 4.25. The molecule has 0 spiro atoms. The molecule has 4 rings (SSSR count). The molecule has 0 atom stereocenters. The second-order valence-corrected chi connectivity index (χ2v) is 7.90. The summed E-state index contributed by atoms with van der Waals surface area (Å²) in [4.78, 5) is 29.5. The van der Waals surface area contributed by atoms with Gasteiger partial charge in [0.15, 0.2) is 5.82 Å². The number of aromatic nitrogens is 3. The van der Waals surface area contributed by atoms with Crippen molar-refractivity contribution in [2.24, 2.45) is 5.92 Å². The van der Waals surface area contributed by atoms with Crippen LogP contribution in [0.25, 0.3) is 10.6 Å². The number of nitrogens with two attached hydrogens (primary N) is 1. The maximum absolute atomic E-state index is 12.5. The molecule has 7 nitrogen and oxygen atoms in total. The summed E-state index contributed by atoms with van der Waals surface area (Å²) in [6.45, 7) is 3.40. The highest BCUT2D eigenvalue weighted by molar-refractivity contribution is 7.15. The smallest absolute Gasteiger partial charge is 0.323 e. The molecular formula is C19H20N6OS. The second kappa shape index (κ2) is 7.32. The van der Waals surface area contributed by atoms with Crippen molar-refractivity contribution in [2.45, 2.75) is 13.3 Å². The van der Waals surface area contributed by atoms with Gasteiger partial charge in [0, 0.05) is 42.7 Å². The number of aryl methyl sites for hydroxylation is 1. The quantitative estimate of drug-likeness (QED) is 0.724. The molecule has 1 fully saturated rings. The SMILES string of the molecule is Cc1ccc(-c2ccc(N)c(NC(=O)N3CC(Cc4ncccn4)C3)n2)s1. The van der Waals surface area contributed by atoms with Gasteiger partial charge in [-0.25, -0.2) is 19.7 Å². The Kier molecular flexibility index (Phi) is 4.72. The molecule has 138 valence electrons. The maximum atomic E-state index is 12.5. The number of hydrogen-bond acceptors (Lipinski definition) is 6. The third-order valence-corrected chi connectivity index (χ3v) is 5.50. The Morgan fingerprint density at radius 3 is 2.74 bits per heavy atom. The average molecular weight is 380 g/mol. The van der Waals surface area contributed by atoms with E-state index < -0.39 is 0 Å². The standard InChI is InChI=1S/C19H20N6OS/c1-12-3-6-16(27-12)15-5-4-14(20)18(23-15)24-19(26)25-10-13(11-25)9-17-21-7-2-8-22-17/h2-8,13H,9-11,20H2,1H3,(H,23,24,26). The summed E-state index contributed by atoms with van der Waals surface area (Å²) in [5.74, 6) is 1.59. The third-order valence-electron chi connectivity index (χ3n) is 4.48. The molecule has 1 aliphatic heterocycles. The van der Waals surface area contributed by atoms with Crippen LogP contribution in [0.1, 0.15) is 10.7 Å². The summed E-state index contributed by atoms with van der Waals surface area (Å²) in [5, 5.41) is 2.84. The lowest BCUT2D eigenvalue weighted by Gasteiger charge is -2.38. The zero-order chi connectivity index (χ0) is 18.8. The van der Waals surface area contributed by atoms with Gasteiger partial charge >= 0.3 is 6.03 Å². The van der Waals surface area contributed by atoms with Crippen molar-refractivity contribution in [3.8, 4) is 10.6 Å². The van der Waals surface area contributed by atoms with Gasteiger partial charge in [-0.1, -0.05) is 0 Å². The van der Waals surface area contributed by atoms with Crippen molar-refractivity contribution in [3.05, 3.63) is 53.4 Å². The van der Waals surface area contributed by atoms with E-state index in [4.69, 9.17) is 5.73 Å². The van der Waals surface area contributed by atoms with Gasteiger partial charge in [0.1, 0.15) is 5.82 Å². The fourth-order valence-electron chi connectivity index (χ4n) is 3.02. The first-order chi connectivity index (χ1) is 13.1. The van der Waals surface area contributed by atoms with E-state index in [0.29, 0.717) is 30.5 Å². The van der Waals surface area contributed by atoms with Crippen LogP contribution in [0.5, 0.6) is 0 Å². The number of hydrogen-bond donors (Lipinski definition) is 2. The van der Waals surface area contributed by atoms with Crippen LogP contribution >= 0.6 is 11.3 Å². The zero-order valence-electron chi connectivity index (χ0n) is 14.9. The second-order valence-electron chi connectivity index (χ2n) is 6.61. The topological polar surface area (TPSA) is 97.0 Å². The van der Waals surface area contributed by atoms with E-state index >= 15 is 0 Å². The number of likely N-dealkylation sites (tertiary alicyclic amines) is 1. The van der Waals surface area contributed by atoms with E-state index in [2.05, 4.69) is 27.2 Å². The van der Waals surface area contributed by atoms with Crippen LogP contribution < -0.4 is 11.1 Å². The van der Waals surface area contributed by atoms with Crippen molar-refractivity contribution >= 4 is 28.9 Å². The van der Waals surface area contributed by atoms with Crippen molar-refractivity contribution in [3.63, 3.8) is 0 Å². The molecule has 1 saturated heterocycles. The molecule has 1 aliphatic rings. The molecule has 3 N–H and O–H groups in total. The van der Waals surface area contributed by atoms with Crippen LogP contribution in [0, 0.1) is 12.8 Å². The molecule has 3 aromatic heterocycles. The Morgan fingerprint density at radius 1 is 1.26 bits per heavy atom. The van der Waals surface area contributed by atoms with Crippen molar-refractivity contribution in [1.29, 1.82) is 0 Å². The van der Waals surface area contributed by atoms with Gasteiger partial charge < -0.3 is 10.6 Å². The first kappa shape index (κ1) is 17.4. The number of pyridine rings is 1. The summed E-state index contributed by atoms with van der Waals surface area (Å²) in [6, 6.07) is 9.34. The van der Waals surface area contributed by atoms with E-state index in [1.54, 1.807) is 40.8 Å². The van der Waals surface area contributed by atoms with Crippen LogP contribution in [-0.4, -0.2) is 39.0 Å². The van der Waals surface area contributed by atoms with Gasteiger partial charge in [-0.15, -0.1) is 11.3 Å². The molecule has 0 bridgehead atoms. The molecule has 3 aromatic rings. The Morgan fingerprint density at radius 2 is 2.04 bits per heavy atom. The number of thiophene rings is 1. The highest BCUT2D eigenvalue weighted by Gasteiger charge is 2.31. The largest absolute Gasteiger partial charge is 0.396 e. The van der Waals surface area contributed by atoms with Crippen molar-refractivity contribution in [1.82, 2.24) is 19.9 Å². The lowest BCUT2D eigenvalue weighted by atomic mass is 9.96. The van der Waals surface area contributed by atoms with E-state index in [0.717, 1.165) is 22.8 Å². The van der Waals surface area contributed by atoms with Crippen LogP contribution in [-0.2, 0) is 6.42 Å². The number of anilines is 2. The van der Waals surface area contributed by atoms with Gasteiger partial charge in [-0.05, 0) is 37.3 Å². The predicted molar refractivity (Wildman–Crippen MR) is 107 cm³/mol. The normalized spacial score (nSPS) is 14.0. The molecule has 0 unspecified atom stereocenters. The molecule has 8 heteroatoms. The minimum absolute atomic E-state index is 0.182. The van der Waals surface area contributed by atoms with Gasteiger partial charge in [0.25, 0.3) is 0 Å². The first-order valence-electron chi connectivity index (χ1n) is 8.73. The summed E-state index contributed by atoms with van der Waals surface area (Å²) in [7, 11) is 0. The summed E-state index contributed by atoms with van der Waals surface area (Å²) < 4.78 is 0. The molecule has 27 heavy (non-hydrogen) atoms. The molecular weight excluding hydrogens is 360 g/mol. The molecule has 0 saturated carbocycles. The number of amides is 2. The highest BCUT2D eigenvalue weighted by Crippen LogP contribution is 2.29. The summed E-state index contributed by atoms with van der Waals surface area (Å²) >= 11 is 1.66. The zero-order valence-corrected chi connectivity index (χ0v) is 15.7. The number of carbonyl (C=O) groups excluding carboxylic acids is 1. The van der Waals surface area contributed by atoms with Crippen molar-refractivity contribution in [2.75, 3.05) is 24.1 Å². The van der Waals surface area contributed by atoms with Gasteiger partial charge in [0.2, 0.25) is 0 Å². The van der Waals surface area contributed by atoms with Crippen molar-refractivity contribution < 1.29 is 4.79 Å². The number of urea groups is 1. The Labute approximate surface area is 161 Å². The number of nitrogens with zero attached hydrogens (tertiary/aromatic N) is 4. The summed E-state index contributed by atoms with van der Waals surface area (Å²) in [5.41, 5.74) is 7.26. The van der Waals surface area contributed by atoms with E-state index in [1.165, 1.54) is 4.88 Å². The minimum atomic E-state index is -0.182. The molecule has 4 heterocycles. The Bertz CT molecular complexity index is 952. The van der Waals surface area contributed by atoms with E-state index in [9.17, 15) is 4.79 Å². The fourth-order valence-corrected chi connectivity index (χ4v) is 3.86.